The van der Waals surface area contributed by atoms with Crippen LogP contribution >= 0.6 is 0 Å². The van der Waals surface area contributed by atoms with E-state index in [4.69, 9.17) is 9.97 Å². The molecule has 1 fully saturated rings. The van der Waals surface area contributed by atoms with E-state index >= 15 is 0 Å². The molecule has 0 saturated heterocycles. The Morgan fingerprint density at radius 2 is 2.09 bits per heavy atom. The topological polar surface area (TPSA) is 53.6 Å². The lowest BCUT2D eigenvalue weighted by atomic mass is 10.1. The number of nitrogens with one attached hydrogen (secondary N) is 2. The number of benzene rings is 1. The molecule has 2 heterocycles. The molecule has 2 aromatic heterocycles. The molecule has 4 rings (SSSR count). The minimum absolute atomic E-state index is 0.572. The lowest BCUT2D eigenvalue weighted by molar-refractivity contribution is 1.10. The first-order chi connectivity index (χ1) is 10.7. The molecule has 0 spiro atoms. The van der Waals surface area contributed by atoms with Crippen molar-refractivity contribution >= 4 is 16.9 Å². The van der Waals surface area contributed by atoms with Crippen LogP contribution in [0.2, 0.25) is 0 Å². The van der Waals surface area contributed by atoms with E-state index in [1.165, 1.54) is 18.4 Å². The van der Waals surface area contributed by atoms with Gasteiger partial charge in [-0.1, -0.05) is 25.1 Å². The minimum atomic E-state index is 0.572. The molecule has 1 aliphatic carbocycles. The van der Waals surface area contributed by atoms with E-state index in [9.17, 15) is 0 Å². The van der Waals surface area contributed by atoms with Gasteiger partial charge in [0.05, 0.1) is 5.39 Å². The van der Waals surface area contributed by atoms with E-state index in [-0.39, 0.29) is 0 Å². The Morgan fingerprint density at radius 1 is 1.23 bits per heavy atom. The zero-order valence-corrected chi connectivity index (χ0v) is 13.0. The predicted octanol–water partition coefficient (Wildman–Crippen LogP) is 4.07. The molecule has 0 unspecified atom stereocenters. The smallest absolute Gasteiger partial charge is 0.163 e. The van der Waals surface area contributed by atoms with Crippen LogP contribution in [0.3, 0.4) is 0 Å². The van der Waals surface area contributed by atoms with Crippen LogP contribution in [-0.2, 0) is 6.42 Å². The predicted molar refractivity (Wildman–Crippen MR) is 90.1 cm³/mol. The highest BCUT2D eigenvalue weighted by molar-refractivity contribution is 5.89. The summed E-state index contributed by atoms with van der Waals surface area (Å²) in [5.74, 6) is 1.74. The highest BCUT2D eigenvalue weighted by Crippen LogP contribution is 2.30. The largest absolute Gasteiger partial charge is 0.367 e. The van der Waals surface area contributed by atoms with Gasteiger partial charge in [-0.2, -0.15) is 0 Å². The van der Waals surface area contributed by atoms with Crippen molar-refractivity contribution in [2.24, 2.45) is 0 Å². The number of hydrogen-bond donors (Lipinski definition) is 2. The quantitative estimate of drug-likeness (QED) is 0.762. The third-order valence-corrected chi connectivity index (χ3v) is 4.13. The molecular weight excluding hydrogens is 272 g/mol. The zero-order chi connectivity index (χ0) is 15.1. The fourth-order valence-corrected chi connectivity index (χ4v) is 2.73. The monoisotopic (exact) mass is 292 g/mol. The van der Waals surface area contributed by atoms with Crippen LogP contribution < -0.4 is 5.32 Å². The number of H-pyrrole nitrogens is 1. The van der Waals surface area contributed by atoms with Crippen molar-refractivity contribution in [2.75, 3.05) is 5.32 Å². The second-order valence-electron chi connectivity index (χ2n) is 6.08. The average Bonchev–Trinajstić information content (AvgIpc) is 3.26. The third kappa shape index (κ3) is 2.45. The molecule has 112 valence electrons. The van der Waals surface area contributed by atoms with Crippen molar-refractivity contribution in [1.82, 2.24) is 15.0 Å². The Hall–Kier alpha value is -2.36. The van der Waals surface area contributed by atoms with Crippen LogP contribution in [0.1, 0.15) is 31.0 Å². The molecule has 0 aliphatic heterocycles. The van der Waals surface area contributed by atoms with Crippen molar-refractivity contribution in [3.05, 3.63) is 41.6 Å². The fourth-order valence-electron chi connectivity index (χ4n) is 2.73. The molecule has 0 bridgehead atoms. The Morgan fingerprint density at radius 3 is 2.86 bits per heavy atom. The van der Waals surface area contributed by atoms with E-state index in [0.29, 0.717) is 6.04 Å². The molecule has 3 aromatic rings. The maximum Gasteiger partial charge on any atom is 0.163 e. The molecule has 4 nitrogen and oxygen atoms in total. The third-order valence-electron chi connectivity index (χ3n) is 4.13. The molecular formula is C18H20N4. The standard InChI is InChI=1S/C18H20N4/c1-3-12-5-4-6-13(10-12)16-21-17-15(9-11(2)19-17)18(22-16)20-14-7-8-14/h4-6,9-10,14H,3,7-8H2,1-2H3,(H2,19,20,21,22). The van der Waals surface area contributed by atoms with Gasteiger partial charge in [-0.15, -0.1) is 0 Å². The fraction of sp³-hybridized carbons (Fsp3) is 0.333. The number of fused-ring (bicyclic) bond motifs is 1. The molecule has 1 saturated carbocycles. The number of nitrogens with zero attached hydrogens (tertiary/aromatic N) is 2. The van der Waals surface area contributed by atoms with Gasteiger partial charge in [0, 0.05) is 17.3 Å². The highest BCUT2D eigenvalue weighted by Gasteiger charge is 2.23. The van der Waals surface area contributed by atoms with Gasteiger partial charge in [0.25, 0.3) is 0 Å². The van der Waals surface area contributed by atoms with Gasteiger partial charge in [-0.25, -0.2) is 9.97 Å². The van der Waals surface area contributed by atoms with Crippen LogP contribution in [0, 0.1) is 6.92 Å². The highest BCUT2D eigenvalue weighted by atomic mass is 15.1. The summed E-state index contributed by atoms with van der Waals surface area (Å²) >= 11 is 0. The maximum absolute atomic E-state index is 4.80. The van der Waals surface area contributed by atoms with Gasteiger partial charge in [-0.05, 0) is 43.9 Å². The molecule has 0 amide bonds. The molecule has 22 heavy (non-hydrogen) atoms. The lowest BCUT2D eigenvalue weighted by Crippen LogP contribution is -2.05. The summed E-state index contributed by atoms with van der Waals surface area (Å²) in [5.41, 5.74) is 4.41. The van der Waals surface area contributed by atoms with Crippen LogP contribution in [0.15, 0.2) is 30.3 Å². The van der Waals surface area contributed by atoms with Crippen molar-refractivity contribution in [3.63, 3.8) is 0 Å². The summed E-state index contributed by atoms with van der Waals surface area (Å²) in [6, 6.07) is 11.2. The molecule has 2 N–H and O–H groups in total. The van der Waals surface area contributed by atoms with Crippen molar-refractivity contribution in [3.8, 4) is 11.4 Å². The average molecular weight is 292 g/mol. The van der Waals surface area contributed by atoms with Crippen LogP contribution in [0.4, 0.5) is 5.82 Å². The van der Waals surface area contributed by atoms with Gasteiger partial charge in [0.2, 0.25) is 0 Å². The number of aromatic amines is 1. The van der Waals surface area contributed by atoms with Gasteiger partial charge in [-0.3, -0.25) is 0 Å². The van der Waals surface area contributed by atoms with E-state index < -0.39 is 0 Å². The van der Waals surface area contributed by atoms with Crippen molar-refractivity contribution < 1.29 is 0 Å². The Balaban J connectivity index is 1.85. The van der Waals surface area contributed by atoms with Crippen molar-refractivity contribution in [2.45, 2.75) is 39.2 Å². The van der Waals surface area contributed by atoms with Gasteiger partial charge in [0.1, 0.15) is 11.5 Å². The summed E-state index contributed by atoms with van der Waals surface area (Å²) < 4.78 is 0. The van der Waals surface area contributed by atoms with Gasteiger partial charge >= 0.3 is 0 Å². The Labute approximate surface area is 130 Å². The Bertz CT molecular complexity index is 830. The van der Waals surface area contributed by atoms with Crippen LogP contribution in [0.25, 0.3) is 22.4 Å². The number of hydrogen-bond acceptors (Lipinski definition) is 3. The van der Waals surface area contributed by atoms with E-state index in [0.717, 1.165) is 40.4 Å². The number of anilines is 1. The number of aromatic nitrogens is 3. The summed E-state index contributed by atoms with van der Waals surface area (Å²) in [5, 5.41) is 4.62. The number of aryl methyl sites for hydroxylation is 2. The second kappa shape index (κ2) is 5.13. The van der Waals surface area contributed by atoms with Crippen LogP contribution in [-0.4, -0.2) is 21.0 Å². The summed E-state index contributed by atoms with van der Waals surface area (Å²) in [4.78, 5) is 12.9. The first-order valence-corrected chi connectivity index (χ1v) is 7.96. The van der Waals surface area contributed by atoms with E-state index in [1.807, 2.05) is 0 Å². The second-order valence-corrected chi connectivity index (χ2v) is 6.08. The molecule has 0 atom stereocenters. The van der Waals surface area contributed by atoms with Crippen molar-refractivity contribution in [1.29, 1.82) is 0 Å². The van der Waals surface area contributed by atoms with E-state index in [1.54, 1.807) is 0 Å². The lowest BCUT2D eigenvalue weighted by Gasteiger charge is -2.08. The number of rotatable bonds is 4. The molecule has 4 heteroatoms. The summed E-state index contributed by atoms with van der Waals surface area (Å²) in [6.07, 6.45) is 3.48. The minimum Gasteiger partial charge on any atom is -0.367 e. The summed E-state index contributed by atoms with van der Waals surface area (Å²) in [7, 11) is 0. The Kier molecular flexibility index (Phi) is 3.10. The molecule has 1 aliphatic rings. The molecule has 0 radical (unpaired) electrons. The molecule has 1 aromatic carbocycles. The normalized spacial score (nSPS) is 14.5. The first kappa shape index (κ1) is 13.3. The van der Waals surface area contributed by atoms with Gasteiger partial charge in [0.15, 0.2) is 5.82 Å². The summed E-state index contributed by atoms with van der Waals surface area (Å²) in [6.45, 7) is 4.22. The van der Waals surface area contributed by atoms with Gasteiger partial charge < -0.3 is 10.3 Å². The van der Waals surface area contributed by atoms with E-state index in [2.05, 4.69) is 54.5 Å². The first-order valence-electron chi connectivity index (χ1n) is 7.96. The maximum atomic E-state index is 4.80. The SMILES string of the molecule is CCc1cccc(-c2nc(NC3CC3)c3cc(C)[nH]c3n2)c1. The zero-order valence-electron chi connectivity index (χ0n) is 13.0. The van der Waals surface area contributed by atoms with Crippen LogP contribution in [0.5, 0.6) is 0 Å².